The molecule has 0 saturated heterocycles. The molecule has 1 aliphatic carbocycles. The van der Waals surface area contributed by atoms with Crippen LogP contribution in [0.5, 0.6) is 0 Å². The molecule has 2 aliphatic rings. The maximum Gasteiger partial charge on any atom is 0.143 e. The van der Waals surface area contributed by atoms with E-state index < -0.39 is 0 Å². The van der Waals surface area contributed by atoms with Crippen LogP contribution in [0.4, 0.5) is 0 Å². The third-order valence-corrected chi connectivity index (χ3v) is 5.51. The van der Waals surface area contributed by atoms with Gasteiger partial charge in [0.25, 0.3) is 0 Å². The predicted octanol–water partition coefficient (Wildman–Crippen LogP) is 4.11. The fourth-order valence-electron chi connectivity index (χ4n) is 4.45. The van der Waals surface area contributed by atoms with Gasteiger partial charge in [0.15, 0.2) is 0 Å². The SMILES string of the molecule is CC1CC(c2ccccc2)(c2nnc3n2CCCCCC3)C1. The van der Waals surface area contributed by atoms with E-state index in [-0.39, 0.29) is 5.41 Å². The molecule has 116 valence electrons. The van der Waals surface area contributed by atoms with E-state index in [9.17, 15) is 0 Å². The smallest absolute Gasteiger partial charge is 0.143 e. The summed E-state index contributed by atoms with van der Waals surface area (Å²) in [5.41, 5.74) is 1.52. The highest BCUT2D eigenvalue weighted by Crippen LogP contribution is 2.51. The number of benzene rings is 1. The van der Waals surface area contributed by atoms with E-state index in [0.717, 1.165) is 18.9 Å². The van der Waals surface area contributed by atoms with Crippen molar-refractivity contribution in [1.82, 2.24) is 14.8 Å². The number of nitrogens with zero attached hydrogens (tertiary/aromatic N) is 3. The molecule has 2 heterocycles. The van der Waals surface area contributed by atoms with Crippen molar-refractivity contribution in [3.05, 3.63) is 47.5 Å². The monoisotopic (exact) mass is 295 g/mol. The largest absolute Gasteiger partial charge is 0.314 e. The number of rotatable bonds is 2. The maximum atomic E-state index is 4.70. The molecule has 2 aromatic rings. The predicted molar refractivity (Wildman–Crippen MR) is 87.8 cm³/mol. The molecule has 3 nitrogen and oxygen atoms in total. The fourth-order valence-corrected chi connectivity index (χ4v) is 4.45. The summed E-state index contributed by atoms with van der Waals surface area (Å²) in [6, 6.07) is 11.0. The first-order valence-corrected chi connectivity index (χ1v) is 8.78. The van der Waals surface area contributed by atoms with Crippen molar-refractivity contribution in [2.45, 2.75) is 63.8 Å². The Labute approximate surface area is 132 Å². The Morgan fingerprint density at radius 1 is 1.00 bits per heavy atom. The van der Waals surface area contributed by atoms with Crippen LogP contribution in [0, 0.1) is 5.92 Å². The minimum absolute atomic E-state index is 0.102. The molecule has 1 aromatic heterocycles. The zero-order valence-electron chi connectivity index (χ0n) is 13.5. The second-order valence-electron chi connectivity index (χ2n) is 7.22. The lowest BCUT2D eigenvalue weighted by Gasteiger charge is -2.46. The molecule has 4 rings (SSSR count). The maximum absolute atomic E-state index is 4.70. The van der Waals surface area contributed by atoms with Gasteiger partial charge in [-0.1, -0.05) is 50.1 Å². The van der Waals surface area contributed by atoms with Gasteiger partial charge >= 0.3 is 0 Å². The Bertz CT molecular complexity index is 638. The first-order chi connectivity index (χ1) is 10.8. The zero-order valence-corrected chi connectivity index (χ0v) is 13.5. The molecule has 22 heavy (non-hydrogen) atoms. The van der Waals surface area contributed by atoms with Crippen molar-refractivity contribution in [3.63, 3.8) is 0 Å². The first kappa shape index (κ1) is 14.0. The Hall–Kier alpha value is -1.64. The van der Waals surface area contributed by atoms with Gasteiger partial charge in [0.2, 0.25) is 0 Å². The molecule has 0 unspecified atom stereocenters. The number of aryl methyl sites for hydroxylation is 1. The van der Waals surface area contributed by atoms with Crippen molar-refractivity contribution in [1.29, 1.82) is 0 Å². The third kappa shape index (κ3) is 2.18. The number of hydrogen-bond donors (Lipinski definition) is 0. The van der Waals surface area contributed by atoms with Crippen LogP contribution in [0.2, 0.25) is 0 Å². The van der Waals surface area contributed by atoms with Gasteiger partial charge in [-0.15, -0.1) is 10.2 Å². The Kier molecular flexibility index (Phi) is 3.51. The van der Waals surface area contributed by atoms with Gasteiger partial charge in [0.05, 0.1) is 5.41 Å². The lowest BCUT2D eigenvalue weighted by Crippen LogP contribution is -2.43. The summed E-state index contributed by atoms with van der Waals surface area (Å²) >= 11 is 0. The molecule has 0 N–H and O–H groups in total. The molecule has 0 amide bonds. The summed E-state index contributed by atoms with van der Waals surface area (Å²) in [4.78, 5) is 0. The molecule has 1 aromatic carbocycles. The zero-order chi connectivity index (χ0) is 15.0. The molecule has 3 heteroatoms. The standard InChI is InChI=1S/C19H25N3/c1-15-13-19(14-15,16-9-5-4-6-10-16)18-21-20-17-11-7-2-3-8-12-22(17)18/h4-6,9-10,15H,2-3,7-8,11-14H2,1H3. The second-order valence-corrected chi connectivity index (χ2v) is 7.22. The molecule has 0 atom stereocenters. The molecule has 1 saturated carbocycles. The van der Waals surface area contributed by atoms with Crippen molar-refractivity contribution in [2.75, 3.05) is 0 Å². The Morgan fingerprint density at radius 3 is 2.55 bits per heavy atom. The average molecular weight is 295 g/mol. The number of hydrogen-bond acceptors (Lipinski definition) is 2. The second kappa shape index (κ2) is 5.53. The van der Waals surface area contributed by atoms with Gasteiger partial charge in [-0.05, 0) is 37.2 Å². The van der Waals surface area contributed by atoms with Crippen LogP contribution >= 0.6 is 0 Å². The van der Waals surface area contributed by atoms with E-state index in [0.29, 0.717) is 0 Å². The van der Waals surface area contributed by atoms with Gasteiger partial charge in [0.1, 0.15) is 11.6 Å². The Morgan fingerprint density at radius 2 is 1.77 bits per heavy atom. The average Bonchev–Trinajstić information content (AvgIpc) is 2.86. The normalized spacial score (nSPS) is 28.3. The van der Waals surface area contributed by atoms with Crippen LogP contribution in [0.15, 0.2) is 30.3 Å². The summed E-state index contributed by atoms with van der Waals surface area (Å²) in [6.45, 7) is 3.45. The lowest BCUT2D eigenvalue weighted by molar-refractivity contribution is 0.182. The van der Waals surface area contributed by atoms with Gasteiger partial charge in [0, 0.05) is 13.0 Å². The quantitative estimate of drug-likeness (QED) is 0.834. The van der Waals surface area contributed by atoms with Crippen LogP contribution in [0.1, 0.15) is 62.7 Å². The summed E-state index contributed by atoms with van der Waals surface area (Å²) < 4.78 is 2.46. The van der Waals surface area contributed by atoms with Crippen molar-refractivity contribution in [2.24, 2.45) is 5.92 Å². The minimum atomic E-state index is 0.102. The van der Waals surface area contributed by atoms with Crippen LogP contribution in [-0.4, -0.2) is 14.8 Å². The third-order valence-electron chi connectivity index (χ3n) is 5.51. The van der Waals surface area contributed by atoms with Crippen LogP contribution in [-0.2, 0) is 18.4 Å². The highest BCUT2D eigenvalue weighted by atomic mass is 15.3. The van der Waals surface area contributed by atoms with Gasteiger partial charge in [-0.3, -0.25) is 0 Å². The van der Waals surface area contributed by atoms with E-state index in [1.807, 2.05) is 0 Å². The molecular formula is C19H25N3. The summed E-state index contributed by atoms with van der Waals surface area (Å²) in [5.74, 6) is 3.22. The minimum Gasteiger partial charge on any atom is -0.314 e. The number of aromatic nitrogens is 3. The van der Waals surface area contributed by atoms with Crippen molar-refractivity contribution >= 4 is 0 Å². The topological polar surface area (TPSA) is 30.7 Å². The highest BCUT2D eigenvalue weighted by Gasteiger charge is 2.48. The number of fused-ring (bicyclic) bond motifs is 1. The van der Waals surface area contributed by atoms with E-state index in [1.54, 1.807) is 0 Å². The summed E-state index contributed by atoms with van der Waals surface area (Å²) in [5, 5.41) is 9.27. The van der Waals surface area contributed by atoms with Gasteiger partial charge < -0.3 is 4.57 Å². The summed E-state index contributed by atoms with van der Waals surface area (Å²) in [6.07, 6.45) is 8.69. The summed E-state index contributed by atoms with van der Waals surface area (Å²) in [7, 11) is 0. The van der Waals surface area contributed by atoms with Crippen molar-refractivity contribution < 1.29 is 0 Å². The van der Waals surface area contributed by atoms with Crippen LogP contribution < -0.4 is 0 Å². The molecule has 1 aliphatic heterocycles. The van der Waals surface area contributed by atoms with E-state index in [4.69, 9.17) is 5.10 Å². The van der Waals surface area contributed by atoms with Crippen molar-refractivity contribution in [3.8, 4) is 0 Å². The first-order valence-electron chi connectivity index (χ1n) is 8.78. The highest BCUT2D eigenvalue weighted by molar-refractivity contribution is 5.37. The van der Waals surface area contributed by atoms with Crippen LogP contribution in [0.3, 0.4) is 0 Å². The molecule has 0 spiro atoms. The molecule has 0 radical (unpaired) electrons. The molecule has 1 fully saturated rings. The molecule has 0 bridgehead atoms. The fraction of sp³-hybridized carbons (Fsp3) is 0.579. The Balaban J connectivity index is 1.78. The van der Waals surface area contributed by atoms with E-state index in [1.165, 1.54) is 55.7 Å². The lowest BCUT2D eigenvalue weighted by atomic mass is 9.58. The van der Waals surface area contributed by atoms with Gasteiger partial charge in [-0.25, -0.2) is 0 Å². The van der Waals surface area contributed by atoms with Gasteiger partial charge in [-0.2, -0.15) is 0 Å². The van der Waals surface area contributed by atoms with E-state index >= 15 is 0 Å². The molecular weight excluding hydrogens is 270 g/mol. The van der Waals surface area contributed by atoms with E-state index in [2.05, 4.69) is 46.9 Å². The van der Waals surface area contributed by atoms with Crippen LogP contribution in [0.25, 0.3) is 0 Å².